The molecule has 0 heterocycles. The Labute approximate surface area is 159 Å². The van der Waals surface area contributed by atoms with Crippen molar-refractivity contribution in [2.24, 2.45) is 0 Å². The predicted molar refractivity (Wildman–Crippen MR) is 97.0 cm³/mol. The molecule has 2 rings (SSSR count). The molecule has 7 nitrogen and oxygen atoms in total. The van der Waals surface area contributed by atoms with Crippen molar-refractivity contribution >= 4 is 29.3 Å². The fraction of sp³-hybridized carbons (Fsp3) is 0.211. The van der Waals surface area contributed by atoms with Crippen LogP contribution in [-0.4, -0.2) is 30.7 Å². The van der Waals surface area contributed by atoms with Crippen molar-refractivity contribution in [1.82, 2.24) is 0 Å². The molecule has 148 valence electrons. The van der Waals surface area contributed by atoms with Crippen LogP contribution in [0.1, 0.15) is 24.2 Å². The fourth-order valence-electron chi connectivity index (χ4n) is 2.08. The summed E-state index contributed by atoms with van der Waals surface area (Å²) < 4.78 is 36.5. The van der Waals surface area contributed by atoms with E-state index >= 15 is 0 Å². The minimum absolute atomic E-state index is 0.131. The van der Waals surface area contributed by atoms with Crippen LogP contribution in [-0.2, 0) is 14.3 Å². The fourth-order valence-corrected chi connectivity index (χ4v) is 2.08. The molecular formula is C19H18F2N2O5. The van der Waals surface area contributed by atoms with Gasteiger partial charge in [-0.1, -0.05) is 0 Å². The summed E-state index contributed by atoms with van der Waals surface area (Å²) >= 11 is 0. The maximum Gasteiger partial charge on any atom is 0.411 e. The van der Waals surface area contributed by atoms with Gasteiger partial charge in [-0.3, -0.25) is 10.1 Å². The van der Waals surface area contributed by atoms with Gasteiger partial charge in [0.2, 0.25) is 0 Å². The summed E-state index contributed by atoms with van der Waals surface area (Å²) in [6.07, 6.45) is -1.89. The highest BCUT2D eigenvalue weighted by atomic mass is 19.1. The number of hydrogen-bond acceptors (Lipinski definition) is 5. The first-order chi connectivity index (χ1) is 13.3. The lowest BCUT2D eigenvalue weighted by Crippen LogP contribution is -2.30. The average Bonchev–Trinajstić information content (AvgIpc) is 2.65. The van der Waals surface area contributed by atoms with E-state index in [2.05, 4.69) is 10.6 Å². The van der Waals surface area contributed by atoms with E-state index in [-0.39, 0.29) is 17.9 Å². The molecule has 28 heavy (non-hydrogen) atoms. The summed E-state index contributed by atoms with van der Waals surface area (Å²) in [5.74, 6) is -3.17. The maximum absolute atomic E-state index is 13.6. The van der Waals surface area contributed by atoms with Crippen molar-refractivity contribution in [1.29, 1.82) is 0 Å². The molecule has 0 saturated heterocycles. The van der Waals surface area contributed by atoms with E-state index < -0.39 is 35.7 Å². The molecule has 1 unspecified atom stereocenters. The number of hydrogen-bond donors (Lipinski definition) is 2. The Morgan fingerprint density at radius 1 is 1.04 bits per heavy atom. The minimum Gasteiger partial charge on any atom is -0.450 e. The van der Waals surface area contributed by atoms with E-state index in [4.69, 9.17) is 9.47 Å². The molecule has 9 heteroatoms. The second kappa shape index (κ2) is 9.45. The number of anilines is 2. The molecule has 0 fully saturated rings. The first-order valence-corrected chi connectivity index (χ1v) is 8.31. The molecule has 0 saturated carbocycles. The molecule has 2 aromatic rings. The number of rotatable bonds is 6. The van der Waals surface area contributed by atoms with E-state index in [1.165, 1.54) is 31.2 Å². The zero-order valence-electron chi connectivity index (χ0n) is 15.1. The van der Waals surface area contributed by atoms with E-state index in [1.54, 1.807) is 6.92 Å². The zero-order valence-corrected chi connectivity index (χ0v) is 15.1. The van der Waals surface area contributed by atoms with Crippen molar-refractivity contribution in [3.8, 4) is 0 Å². The van der Waals surface area contributed by atoms with E-state index in [9.17, 15) is 23.2 Å². The topological polar surface area (TPSA) is 93.7 Å². The minimum atomic E-state index is -1.26. The van der Waals surface area contributed by atoms with E-state index in [0.29, 0.717) is 5.69 Å². The monoisotopic (exact) mass is 392 g/mol. The Bertz CT molecular complexity index is 871. The molecule has 2 aromatic carbocycles. The second-order valence-corrected chi connectivity index (χ2v) is 5.58. The molecule has 0 aliphatic heterocycles. The quantitative estimate of drug-likeness (QED) is 0.731. The SMILES string of the molecule is CCOC(=O)Nc1ccc(C(=O)OC(C)C(=O)Nc2cc(F)ccc2F)cc1. The third-order valence-electron chi connectivity index (χ3n) is 3.48. The van der Waals surface area contributed by atoms with Crippen LogP contribution in [0.25, 0.3) is 0 Å². The molecule has 2 N–H and O–H groups in total. The number of benzene rings is 2. The maximum atomic E-state index is 13.6. The number of ether oxygens (including phenoxy) is 2. The van der Waals surface area contributed by atoms with Crippen molar-refractivity contribution in [3.63, 3.8) is 0 Å². The van der Waals surface area contributed by atoms with Gasteiger partial charge in [-0.15, -0.1) is 0 Å². The van der Waals surface area contributed by atoms with Crippen molar-refractivity contribution in [2.45, 2.75) is 20.0 Å². The lowest BCUT2D eigenvalue weighted by atomic mass is 10.2. The Kier molecular flexibility index (Phi) is 7.02. The molecule has 2 amide bonds. The van der Waals surface area contributed by atoms with Crippen LogP contribution in [0.2, 0.25) is 0 Å². The summed E-state index contributed by atoms with van der Waals surface area (Å²) in [7, 11) is 0. The number of amides is 2. The summed E-state index contributed by atoms with van der Waals surface area (Å²) in [6, 6.07) is 8.29. The van der Waals surface area contributed by atoms with Crippen LogP contribution >= 0.6 is 0 Å². The van der Waals surface area contributed by atoms with Crippen LogP contribution in [0.15, 0.2) is 42.5 Å². The van der Waals surface area contributed by atoms with Crippen LogP contribution in [0, 0.1) is 11.6 Å². The number of carbonyl (C=O) groups is 3. The number of nitrogens with one attached hydrogen (secondary N) is 2. The highest BCUT2D eigenvalue weighted by Crippen LogP contribution is 2.16. The van der Waals surface area contributed by atoms with Crippen molar-refractivity contribution < 1.29 is 32.6 Å². The predicted octanol–water partition coefficient (Wildman–Crippen LogP) is 3.72. The average molecular weight is 392 g/mol. The Hall–Kier alpha value is -3.49. The first kappa shape index (κ1) is 20.8. The van der Waals surface area contributed by atoms with Gasteiger partial charge in [0.05, 0.1) is 17.9 Å². The van der Waals surface area contributed by atoms with Gasteiger partial charge in [0.25, 0.3) is 5.91 Å². The first-order valence-electron chi connectivity index (χ1n) is 8.31. The van der Waals surface area contributed by atoms with Gasteiger partial charge < -0.3 is 14.8 Å². The summed E-state index contributed by atoms with van der Waals surface area (Å²) in [6.45, 7) is 3.18. The van der Waals surface area contributed by atoms with Gasteiger partial charge in [0.15, 0.2) is 6.10 Å². The number of carbonyl (C=O) groups excluding carboxylic acids is 3. The lowest BCUT2D eigenvalue weighted by Gasteiger charge is -2.14. The Balaban J connectivity index is 1.94. The van der Waals surface area contributed by atoms with Gasteiger partial charge in [0.1, 0.15) is 11.6 Å². The zero-order chi connectivity index (χ0) is 20.7. The molecule has 0 aliphatic rings. The number of halogens is 2. The van der Waals surface area contributed by atoms with Gasteiger partial charge in [-0.05, 0) is 50.2 Å². The van der Waals surface area contributed by atoms with Crippen LogP contribution in [0.3, 0.4) is 0 Å². The van der Waals surface area contributed by atoms with Gasteiger partial charge in [-0.25, -0.2) is 18.4 Å². The molecule has 0 aliphatic carbocycles. The van der Waals surface area contributed by atoms with E-state index in [0.717, 1.165) is 18.2 Å². The Morgan fingerprint density at radius 2 is 1.71 bits per heavy atom. The molecule has 0 radical (unpaired) electrons. The normalized spacial score (nSPS) is 11.3. The highest BCUT2D eigenvalue weighted by molar-refractivity contribution is 5.97. The molecule has 0 bridgehead atoms. The lowest BCUT2D eigenvalue weighted by molar-refractivity contribution is -0.123. The van der Waals surface area contributed by atoms with Crippen LogP contribution in [0.5, 0.6) is 0 Å². The van der Waals surface area contributed by atoms with Crippen LogP contribution in [0.4, 0.5) is 25.0 Å². The number of esters is 1. The van der Waals surface area contributed by atoms with Gasteiger partial charge in [-0.2, -0.15) is 0 Å². The largest absolute Gasteiger partial charge is 0.450 e. The van der Waals surface area contributed by atoms with Gasteiger partial charge >= 0.3 is 12.1 Å². The summed E-state index contributed by atoms with van der Waals surface area (Å²) in [5.41, 5.74) is 0.177. The van der Waals surface area contributed by atoms with E-state index in [1.807, 2.05) is 0 Å². The molecule has 0 aromatic heterocycles. The molecular weight excluding hydrogens is 374 g/mol. The molecule has 1 atom stereocenters. The Morgan fingerprint density at radius 3 is 2.36 bits per heavy atom. The second-order valence-electron chi connectivity index (χ2n) is 5.58. The van der Waals surface area contributed by atoms with Crippen molar-refractivity contribution in [3.05, 3.63) is 59.7 Å². The third-order valence-corrected chi connectivity index (χ3v) is 3.48. The standard InChI is InChI=1S/C19H18F2N2O5/c1-3-27-19(26)22-14-7-4-12(5-8-14)18(25)28-11(2)17(24)23-16-10-13(20)6-9-15(16)21/h4-11H,3H2,1-2H3,(H,22,26)(H,23,24). The summed E-state index contributed by atoms with van der Waals surface area (Å²) in [4.78, 5) is 35.5. The summed E-state index contributed by atoms with van der Waals surface area (Å²) in [5, 5.41) is 4.62. The highest BCUT2D eigenvalue weighted by Gasteiger charge is 2.20. The van der Waals surface area contributed by atoms with Crippen molar-refractivity contribution in [2.75, 3.05) is 17.2 Å². The smallest absolute Gasteiger partial charge is 0.411 e. The third kappa shape index (κ3) is 5.76. The van der Waals surface area contributed by atoms with Crippen LogP contribution < -0.4 is 10.6 Å². The molecule has 0 spiro atoms. The van der Waals surface area contributed by atoms with Gasteiger partial charge in [0, 0.05) is 11.8 Å².